The predicted molar refractivity (Wildman–Crippen MR) is 38.6 cm³/mol. The van der Waals surface area contributed by atoms with E-state index < -0.39 is 5.79 Å². The fourth-order valence-corrected chi connectivity index (χ4v) is 0.496. The smallest absolute Gasteiger partial charge is 0.165 e. The number of hydrogen-bond acceptors (Lipinski definition) is 3. The zero-order chi connectivity index (χ0) is 8.20. The van der Waals surface area contributed by atoms with Crippen LogP contribution in [0.3, 0.4) is 0 Å². The van der Waals surface area contributed by atoms with Crippen LogP contribution in [-0.4, -0.2) is 26.3 Å². The van der Waals surface area contributed by atoms with Crippen LogP contribution in [0.4, 0.5) is 0 Å². The summed E-state index contributed by atoms with van der Waals surface area (Å²) in [6.45, 7) is 5.49. The van der Waals surface area contributed by atoms with Gasteiger partial charge < -0.3 is 14.2 Å². The quantitative estimate of drug-likeness (QED) is 0.564. The molecule has 0 aromatic carbocycles. The van der Waals surface area contributed by atoms with E-state index in [1.54, 1.807) is 14.2 Å². The minimum Gasteiger partial charge on any atom is -0.356 e. The van der Waals surface area contributed by atoms with Crippen LogP contribution in [0.2, 0.25) is 0 Å². The highest BCUT2D eigenvalue weighted by molar-refractivity contribution is 4.51. The molecule has 0 aromatic heterocycles. The highest BCUT2D eigenvalue weighted by atomic mass is 16.8. The first-order valence-corrected chi connectivity index (χ1v) is 3.27. The third-order valence-electron chi connectivity index (χ3n) is 1.27. The molecular weight excluding hydrogens is 132 g/mol. The maximum Gasteiger partial charge on any atom is 0.165 e. The van der Waals surface area contributed by atoms with Crippen molar-refractivity contribution in [3.63, 3.8) is 0 Å². The van der Waals surface area contributed by atoms with Crippen LogP contribution in [0.25, 0.3) is 0 Å². The molecule has 0 radical (unpaired) electrons. The lowest BCUT2D eigenvalue weighted by Crippen LogP contribution is -2.31. The number of ether oxygens (including phenoxy) is 3. The SMILES string of the molecule is COC(C)OC(C)(C)OC. The third-order valence-corrected chi connectivity index (χ3v) is 1.27. The fourth-order valence-electron chi connectivity index (χ4n) is 0.496. The van der Waals surface area contributed by atoms with E-state index in [1.807, 2.05) is 20.8 Å². The van der Waals surface area contributed by atoms with E-state index in [4.69, 9.17) is 14.2 Å². The summed E-state index contributed by atoms with van der Waals surface area (Å²) in [5.41, 5.74) is 0. The van der Waals surface area contributed by atoms with Crippen molar-refractivity contribution in [1.29, 1.82) is 0 Å². The van der Waals surface area contributed by atoms with E-state index in [-0.39, 0.29) is 6.29 Å². The van der Waals surface area contributed by atoms with Crippen LogP contribution < -0.4 is 0 Å². The highest BCUT2D eigenvalue weighted by Gasteiger charge is 2.19. The largest absolute Gasteiger partial charge is 0.356 e. The van der Waals surface area contributed by atoms with Gasteiger partial charge in [-0.05, 0) is 20.8 Å². The lowest BCUT2D eigenvalue weighted by atomic mass is 10.4. The molecule has 0 saturated carbocycles. The molecule has 1 unspecified atom stereocenters. The minimum atomic E-state index is -0.560. The Morgan fingerprint density at radius 3 is 2.00 bits per heavy atom. The zero-order valence-electron chi connectivity index (χ0n) is 7.30. The van der Waals surface area contributed by atoms with E-state index in [0.29, 0.717) is 0 Å². The van der Waals surface area contributed by atoms with Gasteiger partial charge in [0.1, 0.15) is 0 Å². The van der Waals surface area contributed by atoms with E-state index in [9.17, 15) is 0 Å². The normalized spacial score (nSPS) is 15.3. The van der Waals surface area contributed by atoms with Gasteiger partial charge in [0.15, 0.2) is 12.1 Å². The van der Waals surface area contributed by atoms with Gasteiger partial charge in [-0.1, -0.05) is 0 Å². The Balaban J connectivity index is 3.64. The summed E-state index contributed by atoms with van der Waals surface area (Å²) >= 11 is 0. The standard InChI is InChI=1S/C7H16O3/c1-6(8-4)10-7(2,3)9-5/h6H,1-5H3. The fraction of sp³-hybridized carbons (Fsp3) is 1.00. The molecule has 0 rings (SSSR count). The number of rotatable bonds is 4. The topological polar surface area (TPSA) is 27.7 Å². The van der Waals surface area contributed by atoms with Crippen molar-refractivity contribution in [2.75, 3.05) is 14.2 Å². The minimum absolute atomic E-state index is 0.227. The van der Waals surface area contributed by atoms with Crippen molar-refractivity contribution in [2.45, 2.75) is 32.8 Å². The molecule has 0 heterocycles. The zero-order valence-corrected chi connectivity index (χ0v) is 7.30. The molecule has 0 fully saturated rings. The molecule has 0 spiro atoms. The van der Waals surface area contributed by atoms with Crippen LogP contribution in [0.5, 0.6) is 0 Å². The summed E-state index contributed by atoms with van der Waals surface area (Å²) in [6, 6.07) is 0. The highest BCUT2D eigenvalue weighted by Crippen LogP contribution is 2.12. The Morgan fingerprint density at radius 1 is 1.20 bits per heavy atom. The first-order valence-electron chi connectivity index (χ1n) is 3.27. The molecule has 0 aliphatic carbocycles. The summed E-state index contributed by atoms with van der Waals surface area (Å²) in [4.78, 5) is 0. The number of hydrogen-bond donors (Lipinski definition) is 0. The predicted octanol–water partition coefficient (Wildman–Crippen LogP) is 1.38. The molecular formula is C7H16O3. The summed E-state index contributed by atoms with van der Waals surface area (Å²) < 4.78 is 15.2. The molecule has 1 atom stereocenters. The van der Waals surface area contributed by atoms with Crippen molar-refractivity contribution in [3.05, 3.63) is 0 Å². The number of methoxy groups -OCH3 is 2. The van der Waals surface area contributed by atoms with Gasteiger partial charge in [-0.15, -0.1) is 0 Å². The van der Waals surface area contributed by atoms with Crippen LogP contribution in [-0.2, 0) is 14.2 Å². The average Bonchev–Trinajstić information content (AvgIpc) is 1.87. The third kappa shape index (κ3) is 3.82. The lowest BCUT2D eigenvalue weighted by Gasteiger charge is -2.26. The van der Waals surface area contributed by atoms with E-state index in [1.165, 1.54) is 0 Å². The Kier molecular flexibility index (Phi) is 3.86. The van der Waals surface area contributed by atoms with E-state index in [0.717, 1.165) is 0 Å². The van der Waals surface area contributed by atoms with Crippen molar-refractivity contribution in [1.82, 2.24) is 0 Å². The van der Waals surface area contributed by atoms with Gasteiger partial charge in [-0.25, -0.2) is 0 Å². The molecule has 0 saturated heterocycles. The van der Waals surface area contributed by atoms with Crippen LogP contribution in [0, 0.1) is 0 Å². The molecule has 10 heavy (non-hydrogen) atoms. The van der Waals surface area contributed by atoms with Crippen LogP contribution >= 0.6 is 0 Å². The second-order valence-electron chi connectivity index (χ2n) is 2.53. The molecule has 0 amide bonds. The maximum atomic E-state index is 5.29. The summed E-state index contributed by atoms with van der Waals surface area (Å²) in [7, 11) is 3.19. The maximum absolute atomic E-state index is 5.29. The monoisotopic (exact) mass is 148 g/mol. The van der Waals surface area contributed by atoms with Crippen molar-refractivity contribution >= 4 is 0 Å². The first-order chi connectivity index (χ1) is 4.52. The van der Waals surface area contributed by atoms with Gasteiger partial charge in [0.25, 0.3) is 0 Å². The van der Waals surface area contributed by atoms with Gasteiger partial charge >= 0.3 is 0 Å². The Morgan fingerprint density at radius 2 is 1.70 bits per heavy atom. The summed E-state index contributed by atoms with van der Waals surface area (Å²) in [6.07, 6.45) is -0.227. The second kappa shape index (κ2) is 3.91. The average molecular weight is 148 g/mol. The van der Waals surface area contributed by atoms with Crippen LogP contribution in [0.1, 0.15) is 20.8 Å². The summed E-state index contributed by atoms with van der Waals surface area (Å²) in [5.74, 6) is -0.560. The second-order valence-corrected chi connectivity index (χ2v) is 2.53. The molecule has 3 heteroatoms. The van der Waals surface area contributed by atoms with Gasteiger partial charge in [0.2, 0.25) is 0 Å². The summed E-state index contributed by atoms with van der Waals surface area (Å²) in [5, 5.41) is 0. The van der Waals surface area contributed by atoms with Crippen LogP contribution in [0.15, 0.2) is 0 Å². The van der Waals surface area contributed by atoms with Gasteiger partial charge in [0.05, 0.1) is 0 Å². The van der Waals surface area contributed by atoms with Gasteiger partial charge in [-0.2, -0.15) is 0 Å². The van der Waals surface area contributed by atoms with Crippen molar-refractivity contribution < 1.29 is 14.2 Å². The molecule has 0 bridgehead atoms. The van der Waals surface area contributed by atoms with E-state index >= 15 is 0 Å². The van der Waals surface area contributed by atoms with Crippen molar-refractivity contribution in [3.8, 4) is 0 Å². The first kappa shape index (κ1) is 9.88. The lowest BCUT2D eigenvalue weighted by molar-refractivity contribution is -0.273. The molecule has 0 aromatic rings. The Bertz CT molecular complexity index is 90.9. The van der Waals surface area contributed by atoms with E-state index in [2.05, 4.69) is 0 Å². The molecule has 0 aliphatic heterocycles. The molecule has 0 N–H and O–H groups in total. The Hall–Kier alpha value is -0.120. The van der Waals surface area contributed by atoms with Crippen molar-refractivity contribution in [2.24, 2.45) is 0 Å². The van der Waals surface area contributed by atoms with Gasteiger partial charge in [0, 0.05) is 14.2 Å². The molecule has 3 nitrogen and oxygen atoms in total. The molecule has 0 aliphatic rings. The Labute approximate surface area is 62.3 Å². The van der Waals surface area contributed by atoms with Gasteiger partial charge in [-0.3, -0.25) is 0 Å². The molecule has 62 valence electrons.